The highest BCUT2D eigenvalue weighted by Gasteiger charge is 2.06. The normalized spacial score (nSPS) is 11.0. The molecule has 3 aromatic rings. The molecule has 0 bridgehead atoms. The zero-order valence-corrected chi connectivity index (χ0v) is 10.2. The van der Waals surface area contributed by atoms with Crippen molar-refractivity contribution in [2.24, 2.45) is 5.73 Å². The van der Waals surface area contributed by atoms with Gasteiger partial charge >= 0.3 is 0 Å². The fourth-order valence-corrected chi connectivity index (χ4v) is 1.95. The van der Waals surface area contributed by atoms with Gasteiger partial charge in [0, 0.05) is 17.8 Å². The largest absolute Gasteiger partial charge is 0.326 e. The maximum atomic E-state index is 5.58. The molecule has 0 amide bonds. The van der Waals surface area contributed by atoms with Crippen LogP contribution in [0.3, 0.4) is 0 Å². The quantitative estimate of drug-likeness (QED) is 0.744. The van der Waals surface area contributed by atoms with Gasteiger partial charge in [0.2, 0.25) is 0 Å². The summed E-state index contributed by atoms with van der Waals surface area (Å²) in [5.41, 5.74) is 9.65. The molecule has 0 aliphatic heterocycles. The molecule has 1 aromatic carbocycles. The Morgan fingerprint density at radius 1 is 1.11 bits per heavy atom. The minimum absolute atomic E-state index is 0.554. The van der Waals surface area contributed by atoms with Crippen LogP contribution < -0.4 is 5.73 Å². The Bertz CT molecular complexity index is 683. The number of fused-ring (bicyclic) bond motifs is 1. The summed E-state index contributed by atoms with van der Waals surface area (Å²) in [6.45, 7) is 2.57. The molecule has 90 valence electrons. The highest BCUT2D eigenvalue weighted by Crippen LogP contribution is 2.17. The van der Waals surface area contributed by atoms with Crippen LogP contribution in [0, 0.1) is 6.92 Å². The van der Waals surface area contributed by atoms with Crippen molar-refractivity contribution in [3.05, 3.63) is 53.7 Å². The number of nitrogens with two attached hydrogens (primary N) is 1. The lowest BCUT2D eigenvalue weighted by Crippen LogP contribution is -1.95. The molecular weight excluding hydrogens is 224 g/mol. The Labute approximate surface area is 105 Å². The van der Waals surface area contributed by atoms with Gasteiger partial charge in [0.05, 0.1) is 0 Å². The Balaban J connectivity index is 2.10. The van der Waals surface area contributed by atoms with Crippen LogP contribution in [0.5, 0.6) is 0 Å². The molecule has 0 atom stereocenters. The van der Waals surface area contributed by atoms with Crippen LogP contribution >= 0.6 is 0 Å². The maximum Gasteiger partial charge on any atom is 0.182 e. The van der Waals surface area contributed by atoms with Crippen molar-refractivity contribution in [1.82, 2.24) is 14.6 Å². The number of benzene rings is 1. The van der Waals surface area contributed by atoms with Crippen LogP contribution in [0.4, 0.5) is 0 Å². The first kappa shape index (κ1) is 10.9. The third-order valence-electron chi connectivity index (χ3n) is 3.00. The molecule has 4 heteroatoms. The molecule has 2 N–H and O–H groups in total. The Kier molecular flexibility index (Phi) is 2.57. The maximum absolute atomic E-state index is 5.58. The summed E-state index contributed by atoms with van der Waals surface area (Å²) in [6, 6.07) is 14.0. The Morgan fingerprint density at radius 3 is 2.56 bits per heavy atom. The molecule has 0 unspecified atom stereocenters. The second kappa shape index (κ2) is 4.23. The first-order valence-electron chi connectivity index (χ1n) is 5.90. The van der Waals surface area contributed by atoms with E-state index in [1.165, 1.54) is 0 Å². The minimum atomic E-state index is 0.554. The number of nitrogens with zero attached hydrogens (tertiary/aromatic N) is 3. The minimum Gasteiger partial charge on any atom is -0.326 e. The number of pyridine rings is 1. The molecule has 0 fully saturated rings. The lowest BCUT2D eigenvalue weighted by atomic mass is 10.1. The second-order valence-corrected chi connectivity index (χ2v) is 4.27. The smallest absolute Gasteiger partial charge is 0.182 e. The highest BCUT2D eigenvalue weighted by atomic mass is 15.3. The highest BCUT2D eigenvalue weighted by molar-refractivity contribution is 5.58. The molecule has 0 spiro atoms. The van der Waals surface area contributed by atoms with Crippen molar-refractivity contribution in [3.63, 3.8) is 0 Å². The predicted molar refractivity (Wildman–Crippen MR) is 71.1 cm³/mol. The van der Waals surface area contributed by atoms with Gasteiger partial charge < -0.3 is 5.73 Å². The van der Waals surface area contributed by atoms with Crippen LogP contribution in [0.25, 0.3) is 17.0 Å². The van der Waals surface area contributed by atoms with Gasteiger partial charge in [-0.05, 0) is 24.6 Å². The standard InChI is InChI=1S/C14H14N4/c1-10-3-2-4-13-16-14(17-18(10)13)12-7-5-11(9-15)6-8-12/h2-8H,9,15H2,1H3. The first-order chi connectivity index (χ1) is 8.78. The van der Waals surface area contributed by atoms with Crippen molar-refractivity contribution in [3.8, 4) is 11.4 Å². The van der Waals surface area contributed by atoms with Gasteiger partial charge in [-0.3, -0.25) is 0 Å². The van der Waals surface area contributed by atoms with Crippen LogP contribution in [-0.4, -0.2) is 14.6 Å². The Hall–Kier alpha value is -2.20. The van der Waals surface area contributed by atoms with Gasteiger partial charge in [-0.2, -0.15) is 0 Å². The van der Waals surface area contributed by atoms with E-state index in [4.69, 9.17) is 5.73 Å². The monoisotopic (exact) mass is 238 g/mol. The zero-order valence-electron chi connectivity index (χ0n) is 10.2. The topological polar surface area (TPSA) is 56.2 Å². The number of hydrogen-bond acceptors (Lipinski definition) is 3. The van der Waals surface area contributed by atoms with E-state index in [0.29, 0.717) is 6.54 Å². The van der Waals surface area contributed by atoms with Gasteiger partial charge in [0.25, 0.3) is 0 Å². The molecular formula is C14H14N4. The summed E-state index contributed by atoms with van der Waals surface area (Å²) >= 11 is 0. The zero-order chi connectivity index (χ0) is 12.5. The summed E-state index contributed by atoms with van der Waals surface area (Å²) in [5, 5.41) is 4.51. The summed E-state index contributed by atoms with van der Waals surface area (Å²) in [5.74, 6) is 0.743. The van der Waals surface area contributed by atoms with Crippen LogP contribution in [0.2, 0.25) is 0 Å². The van der Waals surface area contributed by atoms with E-state index in [1.807, 2.05) is 53.9 Å². The number of aryl methyl sites for hydroxylation is 1. The first-order valence-corrected chi connectivity index (χ1v) is 5.90. The summed E-state index contributed by atoms with van der Waals surface area (Å²) in [4.78, 5) is 4.52. The molecule has 0 radical (unpaired) electrons. The lowest BCUT2D eigenvalue weighted by molar-refractivity contribution is 0.918. The van der Waals surface area contributed by atoms with E-state index in [-0.39, 0.29) is 0 Å². The van der Waals surface area contributed by atoms with E-state index >= 15 is 0 Å². The Morgan fingerprint density at radius 2 is 1.89 bits per heavy atom. The molecule has 0 saturated carbocycles. The molecule has 2 heterocycles. The van der Waals surface area contributed by atoms with Gasteiger partial charge in [-0.15, -0.1) is 5.10 Å². The predicted octanol–water partition coefficient (Wildman–Crippen LogP) is 2.16. The van der Waals surface area contributed by atoms with Crippen molar-refractivity contribution in [2.75, 3.05) is 0 Å². The molecule has 0 aliphatic rings. The van der Waals surface area contributed by atoms with Gasteiger partial charge in [-0.1, -0.05) is 30.3 Å². The molecule has 3 rings (SSSR count). The summed E-state index contributed by atoms with van der Waals surface area (Å²) in [7, 11) is 0. The SMILES string of the molecule is Cc1cccc2nc(-c3ccc(CN)cc3)nn12. The average molecular weight is 238 g/mol. The molecule has 2 aromatic heterocycles. The van der Waals surface area contributed by atoms with Gasteiger partial charge in [0.15, 0.2) is 11.5 Å². The van der Waals surface area contributed by atoms with E-state index in [2.05, 4.69) is 10.1 Å². The van der Waals surface area contributed by atoms with E-state index < -0.39 is 0 Å². The van der Waals surface area contributed by atoms with Crippen molar-refractivity contribution in [1.29, 1.82) is 0 Å². The van der Waals surface area contributed by atoms with Gasteiger partial charge in [0.1, 0.15) is 0 Å². The fraction of sp³-hybridized carbons (Fsp3) is 0.143. The molecule has 18 heavy (non-hydrogen) atoms. The third-order valence-corrected chi connectivity index (χ3v) is 3.00. The van der Waals surface area contributed by atoms with E-state index in [9.17, 15) is 0 Å². The van der Waals surface area contributed by atoms with Crippen molar-refractivity contribution in [2.45, 2.75) is 13.5 Å². The lowest BCUT2D eigenvalue weighted by Gasteiger charge is -1.98. The fourth-order valence-electron chi connectivity index (χ4n) is 1.95. The molecule has 4 nitrogen and oxygen atoms in total. The van der Waals surface area contributed by atoms with Crippen molar-refractivity contribution >= 4 is 5.65 Å². The second-order valence-electron chi connectivity index (χ2n) is 4.27. The summed E-state index contributed by atoms with van der Waals surface area (Å²) < 4.78 is 1.85. The molecule has 0 aliphatic carbocycles. The summed E-state index contributed by atoms with van der Waals surface area (Å²) in [6.07, 6.45) is 0. The number of aromatic nitrogens is 3. The average Bonchev–Trinajstić information content (AvgIpc) is 2.84. The number of rotatable bonds is 2. The van der Waals surface area contributed by atoms with Crippen LogP contribution in [-0.2, 0) is 6.54 Å². The van der Waals surface area contributed by atoms with Crippen LogP contribution in [0.15, 0.2) is 42.5 Å². The third kappa shape index (κ3) is 1.76. The molecule has 0 saturated heterocycles. The number of hydrogen-bond donors (Lipinski definition) is 1. The van der Waals surface area contributed by atoms with E-state index in [0.717, 1.165) is 28.3 Å². The van der Waals surface area contributed by atoms with E-state index in [1.54, 1.807) is 0 Å². The van der Waals surface area contributed by atoms with Gasteiger partial charge in [-0.25, -0.2) is 9.50 Å². The van der Waals surface area contributed by atoms with Crippen molar-refractivity contribution < 1.29 is 0 Å². The van der Waals surface area contributed by atoms with Crippen LogP contribution in [0.1, 0.15) is 11.3 Å².